The van der Waals surface area contributed by atoms with E-state index in [-0.39, 0.29) is 0 Å². The van der Waals surface area contributed by atoms with Gasteiger partial charge in [-0.3, -0.25) is 0 Å². The first kappa shape index (κ1) is 13.2. The van der Waals surface area contributed by atoms with Crippen molar-refractivity contribution in [1.29, 1.82) is 0 Å². The summed E-state index contributed by atoms with van der Waals surface area (Å²) in [4.78, 5) is 0. The lowest BCUT2D eigenvalue weighted by molar-refractivity contribution is 0.508. The molecule has 0 aliphatic rings. The molecule has 0 aliphatic heterocycles. The lowest BCUT2D eigenvalue weighted by Crippen LogP contribution is -2.23. The van der Waals surface area contributed by atoms with Crippen LogP contribution < -0.4 is 11.5 Å². The minimum Gasteiger partial charge on any atom is -0.330 e. The summed E-state index contributed by atoms with van der Waals surface area (Å²) in [5, 5.41) is 0. The third-order valence-electron chi connectivity index (χ3n) is 3.15. The molecular weight excluding hydrogens is 196 g/mol. The number of nitrogens with two attached hydrogens (primary N) is 2. The van der Waals surface area contributed by atoms with Gasteiger partial charge in [0.15, 0.2) is 0 Å². The highest BCUT2D eigenvalue weighted by Crippen LogP contribution is 2.16. The Morgan fingerprint density at radius 3 is 2.00 bits per heavy atom. The van der Waals surface area contributed by atoms with E-state index in [9.17, 15) is 0 Å². The van der Waals surface area contributed by atoms with Gasteiger partial charge in [0.1, 0.15) is 0 Å². The summed E-state index contributed by atoms with van der Waals surface area (Å²) in [6, 6.07) is 8.89. The van der Waals surface area contributed by atoms with E-state index in [0.717, 1.165) is 12.8 Å². The van der Waals surface area contributed by atoms with Gasteiger partial charge in [-0.05, 0) is 48.9 Å². The lowest BCUT2D eigenvalue weighted by atomic mass is 9.97. The largest absolute Gasteiger partial charge is 0.330 e. The molecule has 90 valence electrons. The van der Waals surface area contributed by atoms with Crippen LogP contribution in [-0.2, 0) is 6.42 Å². The maximum atomic E-state index is 5.63. The third kappa shape index (κ3) is 3.95. The average molecular weight is 220 g/mol. The fourth-order valence-corrected chi connectivity index (χ4v) is 1.77. The van der Waals surface area contributed by atoms with Crippen molar-refractivity contribution in [3.63, 3.8) is 0 Å². The molecule has 2 heteroatoms. The van der Waals surface area contributed by atoms with Crippen LogP contribution in [0.4, 0.5) is 0 Å². The molecule has 1 aromatic rings. The zero-order valence-electron chi connectivity index (χ0n) is 10.4. The van der Waals surface area contributed by atoms with Gasteiger partial charge in [-0.15, -0.1) is 0 Å². The SMILES string of the molecule is CC(C)c1ccc(CCC(CN)CN)cc1. The summed E-state index contributed by atoms with van der Waals surface area (Å²) in [6.45, 7) is 5.82. The quantitative estimate of drug-likeness (QED) is 0.772. The van der Waals surface area contributed by atoms with Crippen molar-refractivity contribution in [2.24, 2.45) is 17.4 Å². The molecule has 4 N–H and O–H groups in total. The second-order valence-corrected chi connectivity index (χ2v) is 4.77. The third-order valence-corrected chi connectivity index (χ3v) is 3.15. The Kier molecular flexibility index (Phi) is 5.50. The highest BCUT2D eigenvalue weighted by Gasteiger charge is 2.04. The predicted octanol–water partition coefficient (Wildman–Crippen LogP) is 2.28. The Bertz CT molecular complexity index is 286. The van der Waals surface area contributed by atoms with Crippen LogP contribution in [0.5, 0.6) is 0 Å². The van der Waals surface area contributed by atoms with Gasteiger partial charge in [0.25, 0.3) is 0 Å². The molecule has 0 bridgehead atoms. The Balaban J connectivity index is 2.49. The molecule has 0 atom stereocenters. The summed E-state index contributed by atoms with van der Waals surface area (Å²) >= 11 is 0. The number of rotatable bonds is 6. The van der Waals surface area contributed by atoms with Gasteiger partial charge in [-0.25, -0.2) is 0 Å². The molecule has 0 fully saturated rings. The minimum absolute atomic E-state index is 0.463. The van der Waals surface area contributed by atoms with Gasteiger partial charge < -0.3 is 11.5 Å². The van der Waals surface area contributed by atoms with E-state index in [2.05, 4.69) is 38.1 Å². The minimum atomic E-state index is 0.463. The standard InChI is InChI=1S/C14H24N2/c1-11(2)14-7-5-12(6-8-14)3-4-13(9-15)10-16/h5-8,11,13H,3-4,9-10,15-16H2,1-2H3. The zero-order chi connectivity index (χ0) is 12.0. The summed E-state index contributed by atoms with van der Waals surface area (Å²) in [5.74, 6) is 1.07. The van der Waals surface area contributed by atoms with Crippen LogP contribution in [0.25, 0.3) is 0 Å². The van der Waals surface area contributed by atoms with Crippen molar-refractivity contribution in [2.75, 3.05) is 13.1 Å². The van der Waals surface area contributed by atoms with Crippen molar-refractivity contribution >= 4 is 0 Å². The topological polar surface area (TPSA) is 52.0 Å². The van der Waals surface area contributed by atoms with E-state index in [1.165, 1.54) is 11.1 Å². The molecule has 0 aliphatic carbocycles. The molecular formula is C14H24N2. The number of aryl methyl sites for hydroxylation is 1. The molecule has 0 spiro atoms. The Morgan fingerprint density at radius 2 is 1.56 bits per heavy atom. The predicted molar refractivity (Wildman–Crippen MR) is 70.5 cm³/mol. The summed E-state index contributed by atoms with van der Waals surface area (Å²) in [5.41, 5.74) is 14.0. The maximum absolute atomic E-state index is 5.63. The van der Waals surface area contributed by atoms with Crippen molar-refractivity contribution in [3.8, 4) is 0 Å². The summed E-state index contributed by atoms with van der Waals surface area (Å²) < 4.78 is 0. The molecule has 1 aromatic carbocycles. The number of hydrogen-bond acceptors (Lipinski definition) is 2. The van der Waals surface area contributed by atoms with Crippen LogP contribution in [0.15, 0.2) is 24.3 Å². The molecule has 2 nitrogen and oxygen atoms in total. The molecule has 0 amide bonds. The van der Waals surface area contributed by atoms with Gasteiger partial charge >= 0.3 is 0 Å². The average Bonchev–Trinajstić information content (AvgIpc) is 2.31. The molecule has 0 saturated heterocycles. The summed E-state index contributed by atoms with van der Waals surface area (Å²) in [6.07, 6.45) is 2.17. The van der Waals surface area contributed by atoms with E-state index in [1.807, 2.05) is 0 Å². The zero-order valence-corrected chi connectivity index (χ0v) is 10.4. The monoisotopic (exact) mass is 220 g/mol. The van der Waals surface area contributed by atoms with Gasteiger partial charge in [-0.1, -0.05) is 38.1 Å². The molecule has 0 radical (unpaired) electrons. The lowest BCUT2D eigenvalue weighted by Gasteiger charge is -2.12. The Hall–Kier alpha value is -0.860. The fourth-order valence-electron chi connectivity index (χ4n) is 1.77. The van der Waals surface area contributed by atoms with Gasteiger partial charge in [-0.2, -0.15) is 0 Å². The van der Waals surface area contributed by atoms with Crippen LogP contribution >= 0.6 is 0 Å². The van der Waals surface area contributed by atoms with Gasteiger partial charge in [0.05, 0.1) is 0 Å². The highest BCUT2D eigenvalue weighted by atomic mass is 14.6. The Morgan fingerprint density at radius 1 is 1.00 bits per heavy atom. The van der Waals surface area contributed by atoms with Crippen LogP contribution in [0.3, 0.4) is 0 Å². The molecule has 0 saturated carbocycles. The van der Waals surface area contributed by atoms with E-state index >= 15 is 0 Å². The normalized spacial score (nSPS) is 11.4. The second-order valence-electron chi connectivity index (χ2n) is 4.77. The second kappa shape index (κ2) is 6.66. The molecule has 16 heavy (non-hydrogen) atoms. The van der Waals surface area contributed by atoms with E-state index in [4.69, 9.17) is 11.5 Å². The maximum Gasteiger partial charge on any atom is -0.00367 e. The van der Waals surface area contributed by atoms with Gasteiger partial charge in [0, 0.05) is 0 Å². The van der Waals surface area contributed by atoms with Crippen molar-refractivity contribution in [3.05, 3.63) is 35.4 Å². The van der Waals surface area contributed by atoms with E-state index in [0.29, 0.717) is 24.9 Å². The van der Waals surface area contributed by atoms with Crippen LogP contribution in [0.2, 0.25) is 0 Å². The van der Waals surface area contributed by atoms with Crippen molar-refractivity contribution in [2.45, 2.75) is 32.6 Å². The number of benzene rings is 1. The first-order valence-corrected chi connectivity index (χ1v) is 6.16. The van der Waals surface area contributed by atoms with Crippen molar-refractivity contribution in [1.82, 2.24) is 0 Å². The number of hydrogen-bond donors (Lipinski definition) is 2. The molecule has 0 aromatic heterocycles. The smallest absolute Gasteiger partial charge is 0.00367 e. The Labute approximate surface area is 99.0 Å². The van der Waals surface area contributed by atoms with E-state index in [1.54, 1.807) is 0 Å². The summed E-state index contributed by atoms with van der Waals surface area (Å²) in [7, 11) is 0. The highest BCUT2D eigenvalue weighted by molar-refractivity contribution is 5.24. The van der Waals surface area contributed by atoms with E-state index < -0.39 is 0 Å². The van der Waals surface area contributed by atoms with Crippen LogP contribution in [0.1, 0.15) is 37.3 Å². The fraction of sp³-hybridized carbons (Fsp3) is 0.571. The molecule has 1 rings (SSSR count). The molecule has 0 unspecified atom stereocenters. The molecule has 0 heterocycles. The first-order chi connectivity index (χ1) is 7.67. The first-order valence-electron chi connectivity index (χ1n) is 6.16. The van der Waals surface area contributed by atoms with Gasteiger partial charge in [0.2, 0.25) is 0 Å². The van der Waals surface area contributed by atoms with Crippen molar-refractivity contribution < 1.29 is 0 Å². The van der Waals surface area contributed by atoms with Crippen LogP contribution in [0, 0.1) is 5.92 Å². The van der Waals surface area contributed by atoms with Crippen LogP contribution in [-0.4, -0.2) is 13.1 Å².